The third-order valence-electron chi connectivity index (χ3n) is 6.13. The van der Waals surface area contributed by atoms with Gasteiger partial charge in [-0.3, -0.25) is 0 Å². The number of nitrogens with two attached hydrogens (primary N) is 4. The molecular weight excluding hydrogens is 408 g/mol. The van der Waals surface area contributed by atoms with Gasteiger partial charge in [0.2, 0.25) is 0 Å². The normalized spacial score (nSPS) is 13.2. The second kappa shape index (κ2) is 15.9. The van der Waals surface area contributed by atoms with Gasteiger partial charge < -0.3 is 33.6 Å². The maximum Gasteiger partial charge on any atom is 0.0119 e. The lowest BCUT2D eigenvalue weighted by atomic mass is 9.91. The van der Waals surface area contributed by atoms with Gasteiger partial charge in [0.25, 0.3) is 0 Å². The molecule has 0 aliphatic carbocycles. The van der Waals surface area contributed by atoms with Gasteiger partial charge in [-0.1, -0.05) is 42.5 Å². The van der Waals surface area contributed by atoms with Crippen LogP contribution in [0.15, 0.2) is 42.5 Å². The first-order chi connectivity index (χ1) is 16.1. The molecule has 10 N–H and O–H groups in total. The summed E-state index contributed by atoms with van der Waals surface area (Å²) in [6, 6.07) is 16.4. The highest BCUT2D eigenvalue weighted by atomic mass is 14.9. The van der Waals surface area contributed by atoms with E-state index < -0.39 is 0 Å². The molecule has 0 amide bonds. The zero-order chi connectivity index (χ0) is 23.9. The molecule has 184 valence electrons. The van der Waals surface area contributed by atoms with Crippen molar-refractivity contribution in [3.05, 3.63) is 59.2 Å². The number of hydrogen-bond acceptors (Lipinski definition) is 6. The van der Waals surface area contributed by atoms with E-state index in [0.29, 0.717) is 38.3 Å². The molecule has 2 aromatic rings. The molecule has 2 atom stereocenters. The van der Waals surface area contributed by atoms with E-state index in [9.17, 15) is 0 Å². The molecule has 0 saturated carbocycles. The molecule has 6 heteroatoms. The number of benzene rings is 2. The Morgan fingerprint density at radius 2 is 1.21 bits per heavy atom. The van der Waals surface area contributed by atoms with Gasteiger partial charge in [0.15, 0.2) is 0 Å². The van der Waals surface area contributed by atoms with Crippen molar-refractivity contribution in [2.75, 3.05) is 39.3 Å². The third kappa shape index (κ3) is 9.92. The van der Waals surface area contributed by atoms with Crippen molar-refractivity contribution in [2.24, 2.45) is 22.9 Å². The molecule has 0 aliphatic rings. The number of hydrogen-bond donors (Lipinski definition) is 6. The van der Waals surface area contributed by atoms with Gasteiger partial charge in [-0.2, -0.15) is 0 Å². The maximum atomic E-state index is 5.92. The number of aryl methyl sites for hydroxylation is 1. The summed E-state index contributed by atoms with van der Waals surface area (Å²) in [6.45, 7) is 6.79. The standard InChI is InChI=1S/C27H46N6/c1-21-6-2-3-7-27(21)24-17-22(19-25(8-12-30)32-14-4-10-28)16-23(18-24)20-26(9-13-31)33-15-5-11-29/h2-3,6-7,16-18,25-26,32-33H,4-5,8-15,19-20,28-31H2,1H3. The van der Waals surface area contributed by atoms with Crippen LogP contribution in [0, 0.1) is 6.92 Å². The van der Waals surface area contributed by atoms with Crippen LogP contribution < -0.4 is 33.6 Å². The minimum atomic E-state index is 0.351. The molecule has 0 heterocycles. The summed E-state index contributed by atoms with van der Waals surface area (Å²) >= 11 is 0. The minimum absolute atomic E-state index is 0.351. The predicted molar refractivity (Wildman–Crippen MR) is 142 cm³/mol. The van der Waals surface area contributed by atoms with Crippen LogP contribution in [-0.2, 0) is 12.8 Å². The third-order valence-corrected chi connectivity index (χ3v) is 6.13. The van der Waals surface area contributed by atoms with Gasteiger partial charge in [0.05, 0.1) is 0 Å². The molecule has 33 heavy (non-hydrogen) atoms. The second-order valence-electron chi connectivity index (χ2n) is 9.00. The van der Waals surface area contributed by atoms with Gasteiger partial charge in [0.1, 0.15) is 0 Å². The van der Waals surface area contributed by atoms with Crippen LogP contribution in [0.1, 0.15) is 42.4 Å². The molecule has 0 fully saturated rings. The Morgan fingerprint density at radius 1 is 0.697 bits per heavy atom. The van der Waals surface area contributed by atoms with Crippen molar-refractivity contribution < 1.29 is 0 Å². The molecule has 0 radical (unpaired) electrons. The van der Waals surface area contributed by atoms with Crippen molar-refractivity contribution in [3.63, 3.8) is 0 Å². The fraction of sp³-hybridized carbons (Fsp3) is 0.556. The molecule has 0 aliphatic heterocycles. The Labute approximate surface area is 200 Å². The van der Waals surface area contributed by atoms with Crippen LogP contribution in [0.3, 0.4) is 0 Å². The molecule has 0 bridgehead atoms. The van der Waals surface area contributed by atoms with Gasteiger partial charge in [-0.05, 0) is 113 Å². The van der Waals surface area contributed by atoms with Crippen LogP contribution in [-0.4, -0.2) is 51.4 Å². The monoisotopic (exact) mass is 454 g/mol. The Morgan fingerprint density at radius 3 is 1.67 bits per heavy atom. The van der Waals surface area contributed by atoms with Crippen molar-refractivity contribution in [1.82, 2.24) is 10.6 Å². The lowest BCUT2D eigenvalue weighted by molar-refractivity contribution is 0.475. The summed E-state index contributed by atoms with van der Waals surface area (Å²) in [5, 5.41) is 7.31. The first-order valence-corrected chi connectivity index (χ1v) is 12.6. The average molecular weight is 455 g/mol. The van der Waals surface area contributed by atoms with E-state index in [0.717, 1.165) is 51.6 Å². The van der Waals surface area contributed by atoms with Gasteiger partial charge in [-0.15, -0.1) is 0 Å². The van der Waals surface area contributed by atoms with Gasteiger partial charge in [0, 0.05) is 12.1 Å². The van der Waals surface area contributed by atoms with Crippen molar-refractivity contribution in [2.45, 2.75) is 57.5 Å². The quantitative estimate of drug-likeness (QED) is 0.203. The lowest BCUT2D eigenvalue weighted by Crippen LogP contribution is -2.35. The smallest absolute Gasteiger partial charge is 0.0119 e. The molecule has 6 nitrogen and oxygen atoms in total. The first-order valence-electron chi connectivity index (χ1n) is 12.6. The van der Waals surface area contributed by atoms with E-state index in [2.05, 4.69) is 60.0 Å². The molecule has 2 aromatic carbocycles. The zero-order valence-electron chi connectivity index (χ0n) is 20.5. The first kappa shape index (κ1) is 27.4. The summed E-state index contributed by atoms with van der Waals surface area (Å²) in [5.74, 6) is 0. The van der Waals surface area contributed by atoms with Crippen LogP contribution >= 0.6 is 0 Å². The second-order valence-corrected chi connectivity index (χ2v) is 9.00. The molecule has 0 spiro atoms. The number of rotatable bonds is 17. The topological polar surface area (TPSA) is 128 Å². The maximum absolute atomic E-state index is 5.92. The molecule has 2 rings (SSSR count). The Balaban J connectivity index is 2.31. The Hall–Kier alpha value is -1.80. The summed E-state index contributed by atoms with van der Waals surface area (Å²) in [6.07, 6.45) is 5.76. The molecule has 0 saturated heterocycles. The molecule has 2 unspecified atom stereocenters. The lowest BCUT2D eigenvalue weighted by Gasteiger charge is -2.22. The summed E-state index contributed by atoms with van der Waals surface area (Å²) in [4.78, 5) is 0. The summed E-state index contributed by atoms with van der Waals surface area (Å²) in [5.41, 5.74) is 29.8. The highest BCUT2D eigenvalue weighted by Crippen LogP contribution is 2.27. The van der Waals surface area contributed by atoms with E-state index in [1.54, 1.807) is 0 Å². The van der Waals surface area contributed by atoms with Crippen LogP contribution in [0.25, 0.3) is 11.1 Å². The highest BCUT2D eigenvalue weighted by Gasteiger charge is 2.14. The van der Waals surface area contributed by atoms with Gasteiger partial charge in [-0.25, -0.2) is 0 Å². The summed E-state index contributed by atoms with van der Waals surface area (Å²) < 4.78 is 0. The largest absolute Gasteiger partial charge is 0.330 e. The van der Waals surface area contributed by atoms with E-state index in [1.165, 1.54) is 27.8 Å². The van der Waals surface area contributed by atoms with Crippen molar-refractivity contribution >= 4 is 0 Å². The van der Waals surface area contributed by atoms with Crippen LogP contribution in [0.5, 0.6) is 0 Å². The SMILES string of the molecule is Cc1ccccc1-c1cc(CC(CCN)NCCCN)cc(CC(CCN)NCCCN)c1. The van der Waals surface area contributed by atoms with E-state index in [-0.39, 0.29) is 0 Å². The fourth-order valence-electron chi connectivity index (χ4n) is 4.39. The summed E-state index contributed by atoms with van der Waals surface area (Å²) in [7, 11) is 0. The van der Waals surface area contributed by atoms with E-state index in [4.69, 9.17) is 22.9 Å². The predicted octanol–water partition coefficient (Wildman–Crippen LogP) is 2.06. The van der Waals surface area contributed by atoms with E-state index in [1.807, 2.05) is 0 Å². The van der Waals surface area contributed by atoms with Crippen molar-refractivity contribution in [3.8, 4) is 11.1 Å². The van der Waals surface area contributed by atoms with E-state index >= 15 is 0 Å². The molecule has 0 aromatic heterocycles. The Kier molecular flexibility index (Phi) is 13.3. The van der Waals surface area contributed by atoms with Crippen LogP contribution in [0.2, 0.25) is 0 Å². The molecular formula is C27H46N6. The van der Waals surface area contributed by atoms with Crippen LogP contribution in [0.4, 0.5) is 0 Å². The van der Waals surface area contributed by atoms with Crippen molar-refractivity contribution in [1.29, 1.82) is 0 Å². The zero-order valence-corrected chi connectivity index (χ0v) is 20.5. The Bertz CT molecular complexity index is 754. The number of nitrogens with one attached hydrogen (secondary N) is 2. The minimum Gasteiger partial charge on any atom is -0.330 e. The van der Waals surface area contributed by atoms with Gasteiger partial charge >= 0.3 is 0 Å². The average Bonchev–Trinajstić information content (AvgIpc) is 2.80. The highest BCUT2D eigenvalue weighted by molar-refractivity contribution is 5.68. The fourth-order valence-corrected chi connectivity index (χ4v) is 4.39.